The molecule has 3 rings (SSSR count). The molecule has 1 aliphatic carbocycles. The molecule has 114 valence electrons. The number of benzene rings is 1. The number of H-pyrrole nitrogens is 1. The highest BCUT2D eigenvalue weighted by Crippen LogP contribution is 2.34. The summed E-state index contributed by atoms with van der Waals surface area (Å²) in [7, 11) is 1.59. The maximum atomic E-state index is 11.9. The third kappa shape index (κ3) is 3.09. The quantitative estimate of drug-likeness (QED) is 0.833. The number of nitrogens with zero attached hydrogens (tertiary/aromatic N) is 1. The lowest BCUT2D eigenvalue weighted by atomic mass is 9.80. The van der Waals surface area contributed by atoms with Gasteiger partial charge in [0.1, 0.15) is 0 Å². The van der Waals surface area contributed by atoms with Crippen LogP contribution in [0.15, 0.2) is 48.7 Å². The lowest BCUT2D eigenvalue weighted by Gasteiger charge is -2.25. The van der Waals surface area contributed by atoms with E-state index in [1.807, 2.05) is 18.2 Å². The number of carbonyl (C=O) groups excluding carboxylic acids is 1. The van der Waals surface area contributed by atoms with Crippen LogP contribution in [0.5, 0.6) is 0 Å². The van der Waals surface area contributed by atoms with Gasteiger partial charge < -0.3 is 4.84 Å². The fraction of sp³-hybridized carbons (Fsp3) is 0.294. The van der Waals surface area contributed by atoms with Crippen molar-refractivity contribution in [1.82, 2.24) is 15.7 Å². The van der Waals surface area contributed by atoms with Crippen LogP contribution in [0.4, 0.5) is 0 Å². The van der Waals surface area contributed by atoms with Crippen molar-refractivity contribution in [2.75, 3.05) is 7.05 Å². The molecule has 2 atom stereocenters. The first-order chi connectivity index (χ1) is 10.8. The van der Waals surface area contributed by atoms with Crippen molar-refractivity contribution in [3.8, 4) is 0 Å². The molecule has 5 nitrogen and oxygen atoms in total. The van der Waals surface area contributed by atoms with E-state index in [9.17, 15) is 4.79 Å². The van der Waals surface area contributed by atoms with Crippen LogP contribution < -0.4 is 5.48 Å². The van der Waals surface area contributed by atoms with Crippen LogP contribution in [0.3, 0.4) is 0 Å². The second kappa shape index (κ2) is 6.58. The molecular weight excluding hydrogens is 278 g/mol. The van der Waals surface area contributed by atoms with Gasteiger partial charge in [-0.3, -0.25) is 9.89 Å². The highest BCUT2D eigenvalue weighted by molar-refractivity contribution is 5.79. The third-order valence-corrected chi connectivity index (χ3v) is 4.03. The number of allylic oxidation sites excluding steroid dienone is 4. The van der Waals surface area contributed by atoms with Gasteiger partial charge in [-0.1, -0.05) is 36.4 Å². The molecule has 0 saturated heterocycles. The van der Waals surface area contributed by atoms with Gasteiger partial charge in [0.25, 0.3) is 0 Å². The number of aromatic amines is 1. The van der Waals surface area contributed by atoms with Gasteiger partial charge in [0.2, 0.25) is 0 Å². The van der Waals surface area contributed by atoms with Gasteiger partial charge >= 0.3 is 5.97 Å². The first-order valence-electron chi connectivity index (χ1n) is 7.40. The van der Waals surface area contributed by atoms with Gasteiger partial charge in [0, 0.05) is 18.4 Å². The van der Waals surface area contributed by atoms with E-state index in [0.717, 1.165) is 22.9 Å². The number of rotatable bonds is 5. The highest BCUT2D eigenvalue weighted by atomic mass is 16.7. The number of fused-ring (bicyclic) bond motifs is 1. The second-order valence-electron chi connectivity index (χ2n) is 5.42. The van der Waals surface area contributed by atoms with E-state index in [-0.39, 0.29) is 17.8 Å². The smallest absolute Gasteiger partial charge is 0.325 e. The number of hydrogen-bond acceptors (Lipinski definition) is 4. The largest absolute Gasteiger partial charge is 0.371 e. The predicted molar refractivity (Wildman–Crippen MR) is 85.0 cm³/mol. The number of nitrogens with one attached hydrogen (secondary N) is 2. The summed E-state index contributed by atoms with van der Waals surface area (Å²) in [6.07, 6.45) is 11.4. The van der Waals surface area contributed by atoms with Crippen LogP contribution in [0.2, 0.25) is 0 Å². The molecular formula is C17H19N3O2. The van der Waals surface area contributed by atoms with Crippen molar-refractivity contribution >= 4 is 16.9 Å². The zero-order chi connectivity index (χ0) is 15.4. The van der Waals surface area contributed by atoms with E-state index in [1.54, 1.807) is 13.2 Å². The molecule has 0 amide bonds. The third-order valence-electron chi connectivity index (χ3n) is 4.03. The summed E-state index contributed by atoms with van der Waals surface area (Å²) < 4.78 is 0. The summed E-state index contributed by atoms with van der Waals surface area (Å²) in [6.45, 7) is 0. The lowest BCUT2D eigenvalue weighted by Crippen LogP contribution is -2.21. The minimum absolute atomic E-state index is 0.0785. The van der Waals surface area contributed by atoms with Crippen LogP contribution in [0, 0.1) is 5.92 Å². The van der Waals surface area contributed by atoms with E-state index < -0.39 is 0 Å². The van der Waals surface area contributed by atoms with E-state index >= 15 is 0 Å². The number of hydroxylamine groups is 1. The van der Waals surface area contributed by atoms with E-state index in [1.165, 1.54) is 0 Å². The van der Waals surface area contributed by atoms with Gasteiger partial charge in [-0.15, -0.1) is 0 Å². The predicted octanol–water partition coefficient (Wildman–Crippen LogP) is 2.85. The standard InChI is InChI=1S/C17H19N3O2/c1-18-22-17(21)10-15(12-5-3-2-4-6-12)13-7-8-14-11-19-20-16(14)9-13/h2-5,7-9,11-12,15,18H,6,10H2,1H3,(H,19,20)/t12?,15-/m1/s1. The minimum Gasteiger partial charge on any atom is -0.371 e. The molecule has 2 N–H and O–H groups in total. The Bertz CT molecular complexity index is 718. The molecule has 1 aliphatic rings. The Hall–Kier alpha value is -2.40. The molecule has 1 aromatic carbocycles. The Morgan fingerprint density at radius 1 is 1.50 bits per heavy atom. The van der Waals surface area contributed by atoms with Crippen LogP contribution in [-0.2, 0) is 9.63 Å². The van der Waals surface area contributed by atoms with E-state index in [4.69, 9.17) is 4.84 Å². The van der Waals surface area contributed by atoms with Gasteiger partial charge in [-0.2, -0.15) is 10.6 Å². The van der Waals surface area contributed by atoms with E-state index in [2.05, 4.69) is 40.0 Å². The van der Waals surface area contributed by atoms with Crippen molar-refractivity contribution < 1.29 is 9.63 Å². The number of hydrogen-bond donors (Lipinski definition) is 2. The summed E-state index contributed by atoms with van der Waals surface area (Å²) >= 11 is 0. The van der Waals surface area contributed by atoms with E-state index in [0.29, 0.717) is 6.42 Å². The van der Waals surface area contributed by atoms with Crippen molar-refractivity contribution in [1.29, 1.82) is 0 Å². The van der Waals surface area contributed by atoms with Gasteiger partial charge in [-0.25, -0.2) is 0 Å². The molecule has 0 aliphatic heterocycles. The average Bonchev–Trinajstić information content (AvgIpc) is 3.01. The summed E-state index contributed by atoms with van der Waals surface area (Å²) in [5, 5.41) is 8.11. The fourth-order valence-electron chi connectivity index (χ4n) is 2.93. The summed E-state index contributed by atoms with van der Waals surface area (Å²) in [5.41, 5.74) is 4.56. The SMILES string of the molecule is CNOC(=O)C[C@@H](c1ccc2cn[nH]c2c1)C1C=CC=CC1. The molecule has 0 bridgehead atoms. The molecule has 22 heavy (non-hydrogen) atoms. The number of aromatic nitrogens is 2. The van der Waals surface area contributed by atoms with Crippen LogP contribution in [0.1, 0.15) is 24.3 Å². The lowest BCUT2D eigenvalue weighted by molar-refractivity contribution is -0.150. The summed E-state index contributed by atoms with van der Waals surface area (Å²) in [6, 6.07) is 6.18. The van der Waals surface area contributed by atoms with Crippen molar-refractivity contribution in [3.63, 3.8) is 0 Å². The zero-order valence-electron chi connectivity index (χ0n) is 12.5. The van der Waals surface area contributed by atoms with Crippen molar-refractivity contribution in [2.24, 2.45) is 5.92 Å². The van der Waals surface area contributed by atoms with Crippen LogP contribution in [0.25, 0.3) is 10.9 Å². The molecule has 2 aromatic rings. The molecule has 1 unspecified atom stereocenters. The Morgan fingerprint density at radius 3 is 3.18 bits per heavy atom. The second-order valence-corrected chi connectivity index (χ2v) is 5.42. The number of carbonyl (C=O) groups is 1. The molecule has 1 aromatic heterocycles. The van der Waals surface area contributed by atoms with Crippen molar-refractivity contribution in [3.05, 3.63) is 54.3 Å². The van der Waals surface area contributed by atoms with Crippen LogP contribution >= 0.6 is 0 Å². The minimum atomic E-state index is -0.250. The zero-order valence-corrected chi connectivity index (χ0v) is 12.5. The molecule has 0 saturated carbocycles. The Labute approximate surface area is 129 Å². The first-order valence-corrected chi connectivity index (χ1v) is 7.40. The maximum Gasteiger partial charge on any atom is 0.325 e. The first kappa shape index (κ1) is 14.5. The normalized spacial score (nSPS) is 18.5. The van der Waals surface area contributed by atoms with Crippen molar-refractivity contribution in [2.45, 2.75) is 18.8 Å². The molecule has 0 fully saturated rings. The maximum absolute atomic E-state index is 11.9. The fourth-order valence-corrected chi connectivity index (χ4v) is 2.93. The average molecular weight is 297 g/mol. The summed E-state index contributed by atoms with van der Waals surface area (Å²) in [4.78, 5) is 16.8. The van der Waals surface area contributed by atoms with Gasteiger partial charge in [-0.05, 0) is 24.0 Å². The Kier molecular flexibility index (Phi) is 4.34. The van der Waals surface area contributed by atoms with Gasteiger partial charge in [0.05, 0.1) is 18.1 Å². The topological polar surface area (TPSA) is 67.0 Å². The molecule has 1 heterocycles. The van der Waals surface area contributed by atoms with Crippen LogP contribution in [-0.4, -0.2) is 23.2 Å². The summed E-state index contributed by atoms with van der Waals surface area (Å²) in [5.74, 6) is 0.115. The Balaban J connectivity index is 1.90. The Morgan fingerprint density at radius 2 is 2.41 bits per heavy atom. The van der Waals surface area contributed by atoms with Gasteiger partial charge in [0.15, 0.2) is 0 Å². The monoisotopic (exact) mass is 297 g/mol. The molecule has 0 spiro atoms. The molecule has 0 radical (unpaired) electrons. The highest BCUT2D eigenvalue weighted by Gasteiger charge is 2.25. The molecule has 5 heteroatoms.